The van der Waals surface area contributed by atoms with Gasteiger partial charge in [-0.3, -0.25) is 4.79 Å². The molecule has 0 saturated heterocycles. The summed E-state index contributed by atoms with van der Waals surface area (Å²) in [6.45, 7) is 4.36. The number of aliphatic hydroxyl groups is 2. The molecule has 0 heterocycles. The first-order valence-electron chi connectivity index (χ1n) is 18.2. The standard InChI is InChI=1S/C36H73NO3/c1-3-5-7-9-11-13-15-17-19-21-23-25-27-29-31-35(39)34(33-38)37-36(40)32-30-28-26-24-22-20-18-16-14-12-10-8-6-4-2/h34-35,38-39H,3-33H2,1-2H3,(H,37,40). The van der Waals surface area contributed by atoms with E-state index in [0.29, 0.717) is 12.8 Å². The van der Waals surface area contributed by atoms with E-state index < -0.39 is 12.1 Å². The van der Waals surface area contributed by atoms with Crippen LogP contribution in [-0.2, 0) is 4.79 Å². The molecule has 2 atom stereocenters. The zero-order chi connectivity index (χ0) is 29.4. The normalized spacial score (nSPS) is 13.0. The van der Waals surface area contributed by atoms with Gasteiger partial charge in [-0.25, -0.2) is 0 Å². The average molecular weight is 568 g/mol. The molecule has 4 heteroatoms. The summed E-state index contributed by atoms with van der Waals surface area (Å²) < 4.78 is 0. The van der Waals surface area contributed by atoms with Crippen LogP contribution in [0.4, 0.5) is 0 Å². The van der Waals surface area contributed by atoms with Gasteiger partial charge >= 0.3 is 0 Å². The van der Waals surface area contributed by atoms with E-state index in [2.05, 4.69) is 19.2 Å². The fraction of sp³-hybridized carbons (Fsp3) is 0.972. The van der Waals surface area contributed by atoms with Gasteiger partial charge in [0, 0.05) is 6.42 Å². The third-order valence-corrected chi connectivity index (χ3v) is 8.62. The third kappa shape index (κ3) is 28.9. The minimum Gasteiger partial charge on any atom is -0.394 e. The highest BCUT2D eigenvalue weighted by atomic mass is 16.3. The number of rotatable bonds is 33. The monoisotopic (exact) mass is 568 g/mol. The van der Waals surface area contributed by atoms with Gasteiger partial charge < -0.3 is 15.5 Å². The molecule has 0 bridgehead atoms. The summed E-state index contributed by atoms with van der Waals surface area (Å²) in [5.74, 6) is -0.0296. The highest BCUT2D eigenvalue weighted by Gasteiger charge is 2.19. The van der Waals surface area contributed by atoms with Crippen molar-refractivity contribution >= 4 is 5.91 Å². The summed E-state index contributed by atoms with van der Waals surface area (Å²) in [6, 6.07) is -0.527. The number of unbranched alkanes of at least 4 members (excludes halogenated alkanes) is 26. The second kappa shape index (κ2) is 32.9. The summed E-state index contributed by atoms with van der Waals surface area (Å²) in [4.78, 5) is 12.3. The molecule has 240 valence electrons. The largest absolute Gasteiger partial charge is 0.394 e. The van der Waals surface area contributed by atoms with Gasteiger partial charge in [0.1, 0.15) is 0 Å². The Morgan fingerprint density at radius 2 is 0.800 bits per heavy atom. The van der Waals surface area contributed by atoms with Crippen molar-refractivity contribution in [3.8, 4) is 0 Å². The Bertz CT molecular complexity index is 498. The van der Waals surface area contributed by atoms with E-state index in [0.717, 1.165) is 25.7 Å². The van der Waals surface area contributed by atoms with Gasteiger partial charge in [0.15, 0.2) is 0 Å². The Kier molecular flexibility index (Phi) is 32.4. The van der Waals surface area contributed by atoms with Crippen LogP contribution < -0.4 is 5.32 Å². The lowest BCUT2D eigenvalue weighted by Gasteiger charge is -2.22. The molecule has 0 fully saturated rings. The van der Waals surface area contributed by atoms with Crippen molar-refractivity contribution < 1.29 is 15.0 Å². The molecule has 1 amide bonds. The number of nitrogens with one attached hydrogen (secondary N) is 1. The first-order valence-corrected chi connectivity index (χ1v) is 18.2. The highest BCUT2D eigenvalue weighted by Crippen LogP contribution is 2.16. The van der Waals surface area contributed by atoms with Gasteiger partial charge in [-0.15, -0.1) is 0 Å². The van der Waals surface area contributed by atoms with Gasteiger partial charge in [-0.05, 0) is 12.8 Å². The van der Waals surface area contributed by atoms with E-state index >= 15 is 0 Å². The zero-order valence-corrected chi connectivity index (χ0v) is 27.4. The van der Waals surface area contributed by atoms with Gasteiger partial charge in [0.2, 0.25) is 5.91 Å². The lowest BCUT2D eigenvalue weighted by molar-refractivity contribution is -0.123. The van der Waals surface area contributed by atoms with E-state index in [4.69, 9.17) is 0 Å². The van der Waals surface area contributed by atoms with Crippen molar-refractivity contribution in [2.24, 2.45) is 0 Å². The molecule has 0 aliphatic rings. The molecule has 40 heavy (non-hydrogen) atoms. The van der Waals surface area contributed by atoms with E-state index in [-0.39, 0.29) is 12.5 Å². The van der Waals surface area contributed by atoms with Crippen LogP contribution in [0, 0.1) is 0 Å². The first-order chi connectivity index (χ1) is 19.7. The summed E-state index contributed by atoms with van der Waals surface area (Å²) in [5, 5.41) is 23.0. The molecular weight excluding hydrogens is 494 g/mol. The summed E-state index contributed by atoms with van der Waals surface area (Å²) >= 11 is 0. The van der Waals surface area contributed by atoms with Crippen LogP contribution in [-0.4, -0.2) is 34.9 Å². The van der Waals surface area contributed by atoms with Crippen LogP contribution in [0.5, 0.6) is 0 Å². The maximum absolute atomic E-state index is 12.3. The Balaban J connectivity index is 3.53. The minimum absolute atomic E-state index is 0.0296. The average Bonchev–Trinajstić information content (AvgIpc) is 2.96. The summed E-state index contributed by atoms with van der Waals surface area (Å²) in [7, 11) is 0. The molecule has 0 aliphatic carbocycles. The molecule has 0 aromatic rings. The van der Waals surface area contributed by atoms with Crippen molar-refractivity contribution in [2.75, 3.05) is 6.61 Å². The van der Waals surface area contributed by atoms with Crippen LogP contribution >= 0.6 is 0 Å². The van der Waals surface area contributed by atoms with Crippen molar-refractivity contribution in [1.29, 1.82) is 0 Å². The van der Waals surface area contributed by atoms with Gasteiger partial charge in [-0.1, -0.05) is 187 Å². The van der Waals surface area contributed by atoms with Crippen LogP contribution in [0.2, 0.25) is 0 Å². The van der Waals surface area contributed by atoms with Crippen molar-refractivity contribution in [2.45, 2.75) is 219 Å². The predicted molar refractivity (Wildman–Crippen MR) is 175 cm³/mol. The lowest BCUT2D eigenvalue weighted by atomic mass is 10.0. The van der Waals surface area contributed by atoms with Crippen LogP contribution in [0.15, 0.2) is 0 Å². The number of hydrogen-bond donors (Lipinski definition) is 3. The van der Waals surface area contributed by atoms with E-state index in [1.54, 1.807) is 0 Å². The smallest absolute Gasteiger partial charge is 0.220 e. The summed E-state index contributed by atoms with van der Waals surface area (Å²) in [6.07, 6.45) is 37.2. The first kappa shape index (κ1) is 39.4. The Hall–Kier alpha value is -0.610. The number of hydrogen-bond acceptors (Lipinski definition) is 3. The fourth-order valence-corrected chi connectivity index (χ4v) is 5.77. The van der Waals surface area contributed by atoms with E-state index in [1.165, 1.54) is 154 Å². The highest BCUT2D eigenvalue weighted by molar-refractivity contribution is 5.76. The van der Waals surface area contributed by atoms with Crippen LogP contribution in [0.1, 0.15) is 206 Å². The lowest BCUT2D eigenvalue weighted by Crippen LogP contribution is -2.45. The van der Waals surface area contributed by atoms with Crippen molar-refractivity contribution in [3.05, 3.63) is 0 Å². The molecule has 2 unspecified atom stereocenters. The molecular formula is C36H73NO3. The van der Waals surface area contributed by atoms with E-state index in [1.807, 2.05) is 0 Å². The number of aliphatic hydroxyl groups excluding tert-OH is 2. The van der Waals surface area contributed by atoms with Crippen molar-refractivity contribution in [1.82, 2.24) is 5.32 Å². The molecule has 0 saturated carbocycles. The van der Waals surface area contributed by atoms with Crippen molar-refractivity contribution in [3.63, 3.8) is 0 Å². The maximum atomic E-state index is 12.3. The zero-order valence-electron chi connectivity index (χ0n) is 27.4. The molecule has 0 spiro atoms. The van der Waals surface area contributed by atoms with Crippen LogP contribution in [0.25, 0.3) is 0 Å². The fourth-order valence-electron chi connectivity index (χ4n) is 5.77. The molecule has 0 aromatic carbocycles. The Morgan fingerprint density at radius 3 is 1.12 bits per heavy atom. The minimum atomic E-state index is -0.650. The quantitative estimate of drug-likeness (QED) is 0.0691. The van der Waals surface area contributed by atoms with E-state index in [9.17, 15) is 15.0 Å². The van der Waals surface area contributed by atoms with Crippen LogP contribution in [0.3, 0.4) is 0 Å². The Labute approximate surface area is 251 Å². The molecule has 0 aliphatic heterocycles. The topological polar surface area (TPSA) is 69.6 Å². The molecule has 0 radical (unpaired) electrons. The predicted octanol–water partition coefficient (Wildman–Crippen LogP) is 10.6. The molecule has 0 aromatic heterocycles. The number of carbonyl (C=O) groups is 1. The number of amides is 1. The summed E-state index contributed by atoms with van der Waals surface area (Å²) in [5.41, 5.74) is 0. The molecule has 4 nitrogen and oxygen atoms in total. The molecule has 0 rings (SSSR count). The van der Waals surface area contributed by atoms with Gasteiger partial charge in [0.05, 0.1) is 18.8 Å². The second-order valence-electron chi connectivity index (χ2n) is 12.7. The number of carbonyl (C=O) groups excluding carboxylic acids is 1. The molecule has 3 N–H and O–H groups in total. The van der Waals surface area contributed by atoms with Gasteiger partial charge in [-0.2, -0.15) is 0 Å². The maximum Gasteiger partial charge on any atom is 0.220 e. The third-order valence-electron chi connectivity index (χ3n) is 8.62. The second-order valence-corrected chi connectivity index (χ2v) is 12.7. The SMILES string of the molecule is CCCCCCCCCCCCCCCCC(=O)NC(CO)C(O)CCCCCCCCCCCCCCCC. The van der Waals surface area contributed by atoms with Gasteiger partial charge in [0.25, 0.3) is 0 Å². The Morgan fingerprint density at radius 1 is 0.500 bits per heavy atom.